The van der Waals surface area contributed by atoms with Crippen LogP contribution in [0.2, 0.25) is 0 Å². The van der Waals surface area contributed by atoms with E-state index in [0.717, 1.165) is 5.56 Å². The minimum Gasteiger partial charge on any atom is -0.343 e. The number of hydrogen-bond donors (Lipinski definition) is 0. The maximum Gasteiger partial charge on any atom is 0.459 e. The Balaban J connectivity index is 2.94. The molecule has 1 aromatic carbocycles. The van der Waals surface area contributed by atoms with Crippen molar-refractivity contribution in [2.75, 3.05) is 31.7 Å². The first-order chi connectivity index (χ1) is 17.3. The minimum absolute atomic E-state index is 0.0286. The summed E-state index contributed by atoms with van der Waals surface area (Å²) in [5.41, 5.74) is 0.822. The van der Waals surface area contributed by atoms with Crippen LogP contribution in [-0.2, 0) is 15.6 Å². The number of halogens is 12. The third kappa shape index (κ3) is 10.0. The Bertz CT molecular complexity index is 775. The second-order valence-corrected chi connectivity index (χ2v) is 13.6. The Morgan fingerprint density at radius 3 is 1.42 bits per heavy atom. The van der Waals surface area contributed by atoms with E-state index in [-0.39, 0.29) is 31.1 Å². The van der Waals surface area contributed by atoms with Gasteiger partial charge < -0.3 is 9.47 Å². The molecule has 222 valence electrons. The lowest BCUT2D eigenvalue weighted by molar-refractivity contribution is -0.341. The zero-order chi connectivity index (χ0) is 29.4. The molecule has 0 bridgehead atoms. The summed E-state index contributed by atoms with van der Waals surface area (Å²) in [5, 5.41) is 0. The predicted octanol–water partition coefficient (Wildman–Crippen LogP) is 8.66. The van der Waals surface area contributed by atoms with E-state index >= 15 is 0 Å². The van der Waals surface area contributed by atoms with Gasteiger partial charge in [0.25, 0.3) is 12.7 Å². The number of ether oxygens (including phenoxy) is 2. The molecule has 2 atom stereocenters. The lowest BCUT2D eigenvalue weighted by Gasteiger charge is -2.30. The Hall–Kier alpha value is -1.27. The largest absolute Gasteiger partial charge is 0.459 e. The summed E-state index contributed by atoms with van der Waals surface area (Å²) < 4.78 is 162. The van der Waals surface area contributed by atoms with E-state index in [4.69, 9.17) is 0 Å². The third-order valence-electron chi connectivity index (χ3n) is 5.52. The van der Waals surface area contributed by atoms with Crippen molar-refractivity contribution in [3.63, 3.8) is 0 Å². The maximum absolute atomic E-state index is 13.5. The van der Waals surface area contributed by atoms with Gasteiger partial charge in [0.1, 0.15) is 0 Å². The summed E-state index contributed by atoms with van der Waals surface area (Å²) in [7, 11) is -2.26. The van der Waals surface area contributed by atoms with Gasteiger partial charge in [-0.05, 0) is 11.5 Å². The van der Waals surface area contributed by atoms with Crippen LogP contribution < -0.4 is 0 Å². The van der Waals surface area contributed by atoms with Crippen molar-refractivity contribution in [1.29, 1.82) is 0 Å². The zero-order valence-corrected chi connectivity index (χ0v) is 21.5. The Morgan fingerprint density at radius 2 is 1.08 bits per heavy atom. The van der Waals surface area contributed by atoms with Gasteiger partial charge in [0, 0.05) is 20.1 Å². The molecule has 0 spiro atoms. The SMILES string of the molecule is CC(C)C[P+](CCCOC(F)C(F)(F)C(F)(F)F)(CCCOC(F)C(F)(F)C(F)(F)F)Cc1ccccc1. The fourth-order valence-corrected chi connectivity index (χ4v) is 9.07. The monoisotopic (exact) mass is 597 g/mol. The van der Waals surface area contributed by atoms with Crippen molar-refractivity contribution in [1.82, 2.24) is 0 Å². The van der Waals surface area contributed by atoms with Crippen LogP contribution in [0.25, 0.3) is 0 Å². The van der Waals surface area contributed by atoms with Crippen molar-refractivity contribution < 1.29 is 62.2 Å². The lowest BCUT2D eigenvalue weighted by atomic mass is 10.2. The van der Waals surface area contributed by atoms with E-state index in [0.29, 0.717) is 12.3 Å². The van der Waals surface area contributed by atoms with Gasteiger partial charge >= 0.3 is 24.2 Å². The molecule has 0 aliphatic heterocycles. The first-order valence-corrected chi connectivity index (χ1v) is 14.1. The standard InChI is InChI=1S/C23H30F12O2P/c1-16(2)14-38(15-17-8-4-3-5-9-17,12-6-10-36-18(24)20(26,27)22(30,31)32)13-7-11-37-19(25)21(28,29)23(33,34)35/h3-5,8-9,16,18-19H,6-7,10-15H2,1-2H3/q+1. The molecule has 0 saturated carbocycles. The molecule has 0 heterocycles. The fraction of sp³-hybridized carbons (Fsp3) is 0.739. The molecule has 0 aromatic heterocycles. The third-order valence-corrected chi connectivity index (χ3v) is 10.6. The molecule has 15 heteroatoms. The first kappa shape index (κ1) is 34.8. The Morgan fingerprint density at radius 1 is 0.684 bits per heavy atom. The van der Waals surface area contributed by atoms with Crippen LogP contribution >= 0.6 is 7.26 Å². The molecule has 2 nitrogen and oxygen atoms in total. The molecule has 0 N–H and O–H groups in total. The van der Waals surface area contributed by atoms with E-state index in [2.05, 4.69) is 9.47 Å². The van der Waals surface area contributed by atoms with Crippen LogP contribution in [0.1, 0.15) is 32.3 Å². The molecule has 0 amide bonds. The molecule has 1 aromatic rings. The summed E-state index contributed by atoms with van der Waals surface area (Å²) >= 11 is 0. The molecule has 0 aliphatic carbocycles. The topological polar surface area (TPSA) is 18.5 Å². The van der Waals surface area contributed by atoms with Crippen molar-refractivity contribution in [2.45, 2.75) is 69.8 Å². The summed E-state index contributed by atoms with van der Waals surface area (Å²) in [6.45, 7) is 2.13. The predicted molar refractivity (Wildman–Crippen MR) is 119 cm³/mol. The quantitative estimate of drug-likeness (QED) is 0.108. The zero-order valence-electron chi connectivity index (χ0n) is 20.6. The van der Waals surface area contributed by atoms with Crippen LogP contribution in [0.5, 0.6) is 0 Å². The van der Waals surface area contributed by atoms with E-state index in [9.17, 15) is 52.7 Å². The van der Waals surface area contributed by atoms with E-state index < -0.39 is 57.4 Å². The van der Waals surface area contributed by atoms with E-state index in [1.807, 2.05) is 13.8 Å². The van der Waals surface area contributed by atoms with Crippen molar-refractivity contribution in [3.05, 3.63) is 35.9 Å². The van der Waals surface area contributed by atoms with Crippen LogP contribution in [0.4, 0.5) is 52.7 Å². The van der Waals surface area contributed by atoms with E-state index in [1.54, 1.807) is 30.3 Å². The summed E-state index contributed by atoms with van der Waals surface area (Å²) in [6.07, 6.45) is -19.1. The molecule has 0 saturated heterocycles. The number of hydrogen-bond acceptors (Lipinski definition) is 2. The van der Waals surface area contributed by atoms with Gasteiger partial charge in [-0.15, -0.1) is 0 Å². The van der Waals surface area contributed by atoms with Crippen LogP contribution in [0.3, 0.4) is 0 Å². The lowest BCUT2D eigenvalue weighted by Crippen LogP contribution is -2.46. The highest BCUT2D eigenvalue weighted by Crippen LogP contribution is 2.63. The summed E-state index contributed by atoms with van der Waals surface area (Å²) in [6, 6.07) is 8.73. The maximum atomic E-state index is 13.5. The van der Waals surface area contributed by atoms with Gasteiger partial charge in [0.05, 0.1) is 37.9 Å². The van der Waals surface area contributed by atoms with Crippen LogP contribution in [0, 0.1) is 5.92 Å². The highest BCUT2D eigenvalue weighted by molar-refractivity contribution is 7.75. The van der Waals surface area contributed by atoms with Crippen LogP contribution in [0.15, 0.2) is 30.3 Å². The molecule has 2 unspecified atom stereocenters. The van der Waals surface area contributed by atoms with Crippen LogP contribution in [-0.4, -0.2) is 68.6 Å². The summed E-state index contributed by atoms with van der Waals surface area (Å²) in [4.78, 5) is 0. The molecule has 0 fully saturated rings. The molecule has 0 aliphatic rings. The number of alkyl halides is 12. The van der Waals surface area contributed by atoms with Gasteiger partial charge in [0.15, 0.2) is 0 Å². The minimum atomic E-state index is -6.15. The number of benzene rings is 1. The Kier molecular flexibility index (Phi) is 12.7. The molecular formula is C23H30F12O2P+. The molecule has 38 heavy (non-hydrogen) atoms. The van der Waals surface area contributed by atoms with Crippen molar-refractivity contribution >= 4 is 7.26 Å². The van der Waals surface area contributed by atoms with E-state index in [1.165, 1.54) is 0 Å². The average molecular weight is 597 g/mol. The average Bonchev–Trinajstić information content (AvgIpc) is 2.78. The van der Waals surface area contributed by atoms with Gasteiger partial charge in [-0.3, -0.25) is 0 Å². The molecular weight excluding hydrogens is 567 g/mol. The molecule has 1 rings (SSSR count). The molecule has 0 radical (unpaired) electrons. The van der Waals surface area contributed by atoms with Crippen molar-refractivity contribution in [3.8, 4) is 0 Å². The second kappa shape index (κ2) is 13.9. The van der Waals surface area contributed by atoms with Gasteiger partial charge in [-0.1, -0.05) is 44.2 Å². The van der Waals surface area contributed by atoms with Gasteiger partial charge in [0.2, 0.25) is 0 Å². The van der Waals surface area contributed by atoms with Gasteiger partial charge in [-0.2, -0.15) is 43.9 Å². The highest BCUT2D eigenvalue weighted by Gasteiger charge is 2.65. The van der Waals surface area contributed by atoms with Gasteiger partial charge in [-0.25, -0.2) is 8.78 Å². The normalized spacial score (nSPS) is 16.9. The Labute approximate surface area is 213 Å². The first-order valence-electron chi connectivity index (χ1n) is 11.5. The number of rotatable bonds is 16. The highest BCUT2D eigenvalue weighted by atomic mass is 31.2. The van der Waals surface area contributed by atoms with Crippen molar-refractivity contribution in [2.24, 2.45) is 5.92 Å². The fourth-order valence-electron chi connectivity index (χ4n) is 3.90. The smallest absolute Gasteiger partial charge is 0.343 e. The summed E-state index contributed by atoms with van der Waals surface area (Å²) in [5.74, 6) is -11.4. The second-order valence-electron chi connectivity index (χ2n) is 9.33.